The van der Waals surface area contributed by atoms with E-state index in [1.165, 1.54) is 0 Å². The molecule has 1 aromatic carbocycles. The van der Waals surface area contributed by atoms with Gasteiger partial charge in [-0.3, -0.25) is 4.79 Å². The number of fused-ring (bicyclic) bond motifs is 1. The number of amides is 1. The third-order valence-corrected chi connectivity index (χ3v) is 2.64. The van der Waals surface area contributed by atoms with Crippen molar-refractivity contribution >= 4 is 29.6 Å². The van der Waals surface area contributed by atoms with E-state index in [-0.39, 0.29) is 5.91 Å². The van der Waals surface area contributed by atoms with Crippen LogP contribution in [0, 0.1) is 0 Å². The molecule has 0 radical (unpaired) electrons. The summed E-state index contributed by atoms with van der Waals surface area (Å²) in [5.41, 5.74) is 1.89. The molecule has 0 aliphatic heterocycles. The summed E-state index contributed by atoms with van der Waals surface area (Å²) < 4.78 is 5.25. The highest BCUT2D eigenvalue weighted by molar-refractivity contribution is 7.80. The Kier molecular flexibility index (Phi) is 2.87. The van der Waals surface area contributed by atoms with Crippen molar-refractivity contribution in [2.24, 2.45) is 0 Å². The molecule has 84 valence electrons. The molecule has 1 aromatic heterocycles. The first-order valence-electron chi connectivity index (χ1n) is 4.97. The van der Waals surface area contributed by atoms with E-state index in [1.807, 2.05) is 6.92 Å². The molecule has 0 bridgehead atoms. The average Bonchev–Trinajstić information content (AvgIpc) is 2.65. The molecule has 0 spiro atoms. The molecule has 0 N–H and O–H groups in total. The lowest BCUT2D eigenvalue weighted by Crippen LogP contribution is -2.26. The van der Waals surface area contributed by atoms with Crippen molar-refractivity contribution in [3.05, 3.63) is 23.8 Å². The Bertz CT molecular complexity index is 536. The minimum absolute atomic E-state index is 0.0264. The van der Waals surface area contributed by atoms with E-state index < -0.39 is 0 Å². The van der Waals surface area contributed by atoms with E-state index in [0.29, 0.717) is 28.4 Å². The number of rotatable bonds is 2. The monoisotopic (exact) mass is 236 g/mol. The second kappa shape index (κ2) is 4.17. The Balaban J connectivity index is 2.42. The van der Waals surface area contributed by atoms with Gasteiger partial charge in [-0.15, -0.1) is 0 Å². The van der Waals surface area contributed by atoms with Crippen molar-refractivity contribution in [1.29, 1.82) is 0 Å². The SMILES string of the molecule is CCN(C)C(=O)c1ccc2nc(S)oc2c1. The molecule has 0 fully saturated rings. The molecule has 0 unspecified atom stereocenters. The highest BCUT2D eigenvalue weighted by atomic mass is 32.1. The number of carbonyl (C=O) groups is 1. The predicted molar refractivity (Wildman–Crippen MR) is 63.9 cm³/mol. The minimum Gasteiger partial charge on any atom is -0.432 e. The molecule has 1 amide bonds. The zero-order valence-corrected chi connectivity index (χ0v) is 9.99. The summed E-state index contributed by atoms with van der Waals surface area (Å²) in [4.78, 5) is 17.6. The number of aromatic nitrogens is 1. The van der Waals surface area contributed by atoms with Gasteiger partial charge in [-0.1, -0.05) is 12.6 Å². The number of hydrogen-bond acceptors (Lipinski definition) is 4. The predicted octanol–water partition coefficient (Wildman–Crippen LogP) is 2.21. The second-order valence-electron chi connectivity index (χ2n) is 3.50. The van der Waals surface area contributed by atoms with Gasteiger partial charge in [0.15, 0.2) is 5.58 Å². The summed E-state index contributed by atoms with van der Waals surface area (Å²) in [6, 6.07) is 5.19. The number of benzene rings is 1. The molecule has 5 heteroatoms. The fourth-order valence-electron chi connectivity index (χ4n) is 1.41. The Morgan fingerprint density at radius 1 is 1.56 bits per heavy atom. The lowest BCUT2D eigenvalue weighted by atomic mass is 10.2. The lowest BCUT2D eigenvalue weighted by Gasteiger charge is -2.13. The van der Waals surface area contributed by atoms with Gasteiger partial charge >= 0.3 is 0 Å². The van der Waals surface area contributed by atoms with Crippen molar-refractivity contribution in [3.8, 4) is 0 Å². The third-order valence-electron chi connectivity index (χ3n) is 2.45. The Hall–Kier alpha value is -1.49. The van der Waals surface area contributed by atoms with Gasteiger partial charge in [0.1, 0.15) is 5.52 Å². The van der Waals surface area contributed by atoms with Crippen LogP contribution in [0.4, 0.5) is 0 Å². The van der Waals surface area contributed by atoms with Crippen LogP contribution in [0.1, 0.15) is 17.3 Å². The topological polar surface area (TPSA) is 46.3 Å². The Labute approximate surface area is 98.7 Å². The van der Waals surface area contributed by atoms with Crippen LogP contribution in [-0.2, 0) is 0 Å². The first-order chi connectivity index (χ1) is 7.61. The van der Waals surface area contributed by atoms with Crippen LogP contribution in [0.25, 0.3) is 11.1 Å². The first-order valence-corrected chi connectivity index (χ1v) is 5.41. The molecule has 0 aliphatic carbocycles. The maximum Gasteiger partial charge on any atom is 0.253 e. The quantitative estimate of drug-likeness (QED) is 0.813. The molecule has 0 atom stereocenters. The Morgan fingerprint density at radius 2 is 2.31 bits per heavy atom. The van der Waals surface area contributed by atoms with Gasteiger partial charge in [-0.2, -0.15) is 0 Å². The summed E-state index contributed by atoms with van der Waals surface area (Å²) in [5, 5.41) is 0.309. The summed E-state index contributed by atoms with van der Waals surface area (Å²) in [6.45, 7) is 2.60. The first kappa shape index (κ1) is 11.0. The molecule has 16 heavy (non-hydrogen) atoms. The second-order valence-corrected chi connectivity index (χ2v) is 3.88. The molecular formula is C11H12N2O2S. The van der Waals surface area contributed by atoms with Gasteiger partial charge in [0.05, 0.1) is 0 Å². The van der Waals surface area contributed by atoms with Crippen LogP contribution < -0.4 is 0 Å². The van der Waals surface area contributed by atoms with Gasteiger partial charge < -0.3 is 9.32 Å². The number of thiol groups is 1. The summed E-state index contributed by atoms with van der Waals surface area (Å²) in [7, 11) is 1.76. The van der Waals surface area contributed by atoms with E-state index in [9.17, 15) is 4.79 Å². The maximum atomic E-state index is 11.9. The third kappa shape index (κ3) is 1.90. The van der Waals surface area contributed by atoms with Gasteiger partial charge in [0.25, 0.3) is 11.1 Å². The number of nitrogens with zero attached hydrogens (tertiary/aromatic N) is 2. The smallest absolute Gasteiger partial charge is 0.253 e. The summed E-state index contributed by atoms with van der Waals surface area (Å²) in [5.74, 6) is -0.0264. The largest absolute Gasteiger partial charge is 0.432 e. The van der Waals surface area contributed by atoms with Crippen molar-refractivity contribution in [1.82, 2.24) is 9.88 Å². The van der Waals surface area contributed by atoms with Gasteiger partial charge in [0.2, 0.25) is 0 Å². The zero-order chi connectivity index (χ0) is 11.7. The molecule has 0 aliphatic rings. The fourth-order valence-corrected chi connectivity index (χ4v) is 1.62. The van der Waals surface area contributed by atoms with Crippen molar-refractivity contribution in [3.63, 3.8) is 0 Å². The Morgan fingerprint density at radius 3 is 3.00 bits per heavy atom. The van der Waals surface area contributed by atoms with Crippen molar-refractivity contribution < 1.29 is 9.21 Å². The van der Waals surface area contributed by atoms with E-state index in [0.717, 1.165) is 0 Å². The molecule has 0 saturated heterocycles. The van der Waals surface area contributed by atoms with Crippen LogP contribution in [0.5, 0.6) is 0 Å². The molecule has 1 heterocycles. The van der Waals surface area contributed by atoms with Gasteiger partial charge in [0, 0.05) is 19.2 Å². The molecule has 0 saturated carbocycles. The standard InChI is InChI=1S/C11H12N2O2S/c1-3-13(2)10(14)7-4-5-8-9(6-7)15-11(16)12-8/h4-6H,3H2,1-2H3,(H,12,16). The average molecular weight is 236 g/mol. The van der Waals surface area contributed by atoms with Crippen molar-refractivity contribution in [2.45, 2.75) is 12.1 Å². The highest BCUT2D eigenvalue weighted by Crippen LogP contribution is 2.19. The maximum absolute atomic E-state index is 11.9. The zero-order valence-electron chi connectivity index (χ0n) is 9.10. The highest BCUT2D eigenvalue weighted by Gasteiger charge is 2.12. The summed E-state index contributed by atoms with van der Waals surface area (Å²) >= 11 is 4.01. The summed E-state index contributed by atoms with van der Waals surface area (Å²) in [6.07, 6.45) is 0. The minimum atomic E-state index is -0.0264. The van der Waals surface area contributed by atoms with Gasteiger partial charge in [-0.05, 0) is 25.1 Å². The van der Waals surface area contributed by atoms with Crippen LogP contribution in [0.2, 0.25) is 0 Å². The van der Waals surface area contributed by atoms with Crippen LogP contribution in [0.3, 0.4) is 0 Å². The van der Waals surface area contributed by atoms with Crippen LogP contribution in [0.15, 0.2) is 27.8 Å². The molecular weight excluding hydrogens is 224 g/mol. The van der Waals surface area contributed by atoms with Crippen LogP contribution >= 0.6 is 12.6 Å². The number of oxazole rings is 1. The number of hydrogen-bond donors (Lipinski definition) is 1. The van der Waals surface area contributed by atoms with Gasteiger partial charge in [-0.25, -0.2) is 4.98 Å². The normalized spacial score (nSPS) is 10.7. The molecule has 4 nitrogen and oxygen atoms in total. The van der Waals surface area contributed by atoms with E-state index in [4.69, 9.17) is 4.42 Å². The number of carbonyl (C=O) groups excluding carboxylic acids is 1. The molecule has 2 aromatic rings. The lowest BCUT2D eigenvalue weighted by molar-refractivity contribution is 0.0802. The molecule has 2 rings (SSSR count). The van der Waals surface area contributed by atoms with E-state index in [2.05, 4.69) is 17.6 Å². The van der Waals surface area contributed by atoms with E-state index in [1.54, 1.807) is 30.1 Å². The van der Waals surface area contributed by atoms with Crippen LogP contribution in [-0.4, -0.2) is 29.4 Å². The van der Waals surface area contributed by atoms with E-state index >= 15 is 0 Å². The van der Waals surface area contributed by atoms with Crippen molar-refractivity contribution in [2.75, 3.05) is 13.6 Å². The fraction of sp³-hybridized carbons (Fsp3) is 0.273.